The molecule has 0 spiro atoms. The molecule has 0 bridgehead atoms. The summed E-state index contributed by atoms with van der Waals surface area (Å²) in [6.07, 6.45) is 1.85. The third-order valence-corrected chi connectivity index (χ3v) is 4.67. The van der Waals surface area contributed by atoms with Crippen LogP contribution in [0.5, 0.6) is 0 Å². The SMILES string of the molecule is CC(C)(C)N(C(=O)O)C1CCC(Nc2nc(Cl)c(C#N)cc2F)CC1. The van der Waals surface area contributed by atoms with Crippen LogP contribution in [0.15, 0.2) is 6.07 Å². The number of nitriles is 1. The molecule has 1 fully saturated rings. The number of hydrogen-bond donors (Lipinski definition) is 2. The molecule has 1 aromatic heterocycles. The van der Waals surface area contributed by atoms with Crippen molar-refractivity contribution >= 4 is 23.5 Å². The summed E-state index contributed by atoms with van der Waals surface area (Å²) in [5.74, 6) is -0.594. The Morgan fingerprint density at radius 2 is 2.04 bits per heavy atom. The fraction of sp³-hybridized carbons (Fsp3) is 0.588. The second-order valence-corrected chi connectivity index (χ2v) is 7.60. The summed E-state index contributed by atoms with van der Waals surface area (Å²) in [6.45, 7) is 5.64. The van der Waals surface area contributed by atoms with E-state index in [0.29, 0.717) is 25.7 Å². The van der Waals surface area contributed by atoms with Gasteiger partial charge in [0, 0.05) is 17.6 Å². The number of nitrogens with zero attached hydrogens (tertiary/aromatic N) is 3. The lowest BCUT2D eigenvalue weighted by Crippen LogP contribution is -2.52. The van der Waals surface area contributed by atoms with Crippen molar-refractivity contribution in [2.45, 2.75) is 64.1 Å². The van der Waals surface area contributed by atoms with Crippen LogP contribution in [0.4, 0.5) is 15.0 Å². The van der Waals surface area contributed by atoms with Gasteiger partial charge in [0.2, 0.25) is 0 Å². The van der Waals surface area contributed by atoms with Crippen molar-refractivity contribution in [2.75, 3.05) is 5.32 Å². The van der Waals surface area contributed by atoms with Crippen LogP contribution in [0.25, 0.3) is 0 Å². The van der Waals surface area contributed by atoms with Gasteiger partial charge in [-0.3, -0.25) is 0 Å². The number of halogens is 2. The Bertz CT molecular complexity index is 691. The zero-order chi connectivity index (χ0) is 18.8. The van der Waals surface area contributed by atoms with Crippen LogP contribution in [0, 0.1) is 17.1 Å². The fourth-order valence-corrected chi connectivity index (χ4v) is 3.49. The van der Waals surface area contributed by atoms with Crippen LogP contribution in [-0.4, -0.2) is 38.7 Å². The highest BCUT2D eigenvalue weighted by atomic mass is 35.5. The molecule has 1 heterocycles. The second-order valence-electron chi connectivity index (χ2n) is 7.24. The predicted molar refractivity (Wildman–Crippen MR) is 93.2 cm³/mol. The minimum Gasteiger partial charge on any atom is -0.465 e. The van der Waals surface area contributed by atoms with Crippen LogP contribution in [0.3, 0.4) is 0 Å². The molecule has 0 aliphatic heterocycles. The maximum atomic E-state index is 14.0. The van der Waals surface area contributed by atoms with Crippen molar-refractivity contribution in [3.63, 3.8) is 0 Å². The van der Waals surface area contributed by atoms with E-state index in [0.717, 1.165) is 6.07 Å². The molecule has 1 aliphatic rings. The Morgan fingerprint density at radius 1 is 1.44 bits per heavy atom. The fourth-order valence-electron chi connectivity index (χ4n) is 3.31. The lowest BCUT2D eigenvalue weighted by atomic mass is 9.88. The van der Waals surface area contributed by atoms with Gasteiger partial charge in [0.15, 0.2) is 11.6 Å². The zero-order valence-electron chi connectivity index (χ0n) is 14.5. The standard InChI is InChI=1S/C17H22ClFN4O2/c1-17(2,3)23(16(24)25)12-6-4-11(5-7-12)21-15-13(19)8-10(9-20)14(18)22-15/h8,11-12H,4-7H2,1-3H3,(H,21,22)(H,24,25). The molecule has 25 heavy (non-hydrogen) atoms. The van der Waals surface area contributed by atoms with Crippen LogP contribution < -0.4 is 5.32 Å². The highest BCUT2D eigenvalue weighted by Gasteiger charge is 2.35. The van der Waals surface area contributed by atoms with Crippen molar-refractivity contribution in [2.24, 2.45) is 0 Å². The topological polar surface area (TPSA) is 89.2 Å². The molecule has 2 rings (SSSR count). The molecule has 6 nitrogen and oxygen atoms in total. The highest BCUT2D eigenvalue weighted by molar-refractivity contribution is 6.30. The average Bonchev–Trinajstić information content (AvgIpc) is 2.50. The van der Waals surface area contributed by atoms with Crippen LogP contribution in [-0.2, 0) is 0 Å². The highest BCUT2D eigenvalue weighted by Crippen LogP contribution is 2.30. The molecule has 0 saturated heterocycles. The van der Waals surface area contributed by atoms with E-state index in [4.69, 9.17) is 16.9 Å². The maximum absolute atomic E-state index is 14.0. The van der Waals surface area contributed by atoms with Crippen LogP contribution in [0.2, 0.25) is 5.15 Å². The van der Waals surface area contributed by atoms with Gasteiger partial charge >= 0.3 is 6.09 Å². The summed E-state index contributed by atoms with van der Waals surface area (Å²) in [6, 6.07) is 2.78. The number of pyridine rings is 1. The summed E-state index contributed by atoms with van der Waals surface area (Å²) in [5, 5.41) is 21.3. The van der Waals surface area contributed by atoms with Crippen LogP contribution in [0.1, 0.15) is 52.0 Å². The average molecular weight is 369 g/mol. The van der Waals surface area contributed by atoms with E-state index < -0.39 is 17.4 Å². The van der Waals surface area contributed by atoms with Crippen molar-refractivity contribution in [1.29, 1.82) is 5.26 Å². The monoisotopic (exact) mass is 368 g/mol. The number of aromatic nitrogens is 1. The number of amides is 1. The van der Waals surface area contributed by atoms with Gasteiger partial charge in [-0.05, 0) is 52.5 Å². The van der Waals surface area contributed by atoms with E-state index in [-0.39, 0.29) is 28.6 Å². The van der Waals surface area contributed by atoms with Gasteiger partial charge in [-0.2, -0.15) is 5.26 Å². The number of carboxylic acid groups (broad SMARTS) is 1. The van der Waals surface area contributed by atoms with Crippen molar-refractivity contribution in [3.8, 4) is 6.07 Å². The first kappa shape index (κ1) is 19.3. The third-order valence-electron chi connectivity index (χ3n) is 4.38. The predicted octanol–water partition coefficient (Wildman–Crippen LogP) is 4.25. The molecule has 1 aromatic rings. The van der Waals surface area contributed by atoms with E-state index in [9.17, 15) is 14.3 Å². The van der Waals surface area contributed by atoms with E-state index in [1.165, 1.54) is 4.90 Å². The van der Waals surface area contributed by atoms with Gasteiger partial charge in [0.25, 0.3) is 0 Å². The summed E-state index contributed by atoms with van der Waals surface area (Å²) < 4.78 is 14.0. The van der Waals surface area contributed by atoms with Crippen molar-refractivity contribution in [1.82, 2.24) is 9.88 Å². The van der Waals surface area contributed by atoms with Gasteiger partial charge in [-0.25, -0.2) is 14.2 Å². The zero-order valence-corrected chi connectivity index (χ0v) is 15.3. The largest absolute Gasteiger partial charge is 0.465 e. The Hall–Kier alpha value is -2.07. The Kier molecular flexibility index (Phi) is 5.73. The molecule has 1 saturated carbocycles. The molecule has 8 heteroatoms. The molecule has 0 radical (unpaired) electrons. The Labute approximate surface area is 151 Å². The minimum absolute atomic E-state index is 0.00398. The van der Waals surface area contributed by atoms with Crippen molar-refractivity contribution < 1.29 is 14.3 Å². The minimum atomic E-state index is -0.921. The quantitative estimate of drug-likeness (QED) is 0.778. The summed E-state index contributed by atoms with van der Waals surface area (Å²) in [4.78, 5) is 17.0. The Morgan fingerprint density at radius 3 is 2.52 bits per heavy atom. The first-order chi connectivity index (χ1) is 11.6. The molecular weight excluding hydrogens is 347 g/mol. The molecule has 0 unspecified atom stereocenters. The van der Waals surface area contributed by atoms with Gasteiger partial charge in [0.1, 0.15) is 11.2 Å². The summed E-state index contributed by atoms with van der Waals surface area (Å²) in [7, 11) is 0. The third kappa shape index (κ3) is 4.51. The number of nitrogens with one attached hydrogen (secondary N) is 1. The first-order valence-corrected chi connectivity index (χ1v) is 8.56. The first-order valence-electron chi connectivity index (χ1n) is 8.18. The summed E-state index contributed by atoms with van der Waals surface area (Å²) in [5.41, 5.74) is -0.471. The summed E-state index contributed by atoms with van der Waals surface area (Å²) >= 11 is 5.86. The van der Waals surface area contributed by atoms with E-state index >= 15 is 0 Å². The molecular formula is C17H22ClFN4O2. The smallest absolute Gasteiger partial charge is 0.407 e. The van der Waals surface area contributed by atoms with Crippen molar-refractivity contribution in [3.05, 3.63) is 22.6 Å². The van der Waals surface area contributed by atoms with Gasteiger partial charge in [-0.1, -0.05) is 11.6 Å². The van der Waals surface area contributed by atoms with E-state index in [1.54, 1.807) is 6.07 Å². The number of rotatable bonds is 3. The van der Waals surface area contributed by atoms with Gasteiger partial charge < -0.3 is 15.3 Å². The molecule has 0 atom stereocenters. The molecule has 1 aliphatic carbocycles. The number of hydrogen-bond acceptors (Lipinski definition) is 4. The van der Waals surface area contributed by atoms with E-state index in [1.807, 2.05) is 20.8 Å². The lowest BCUT2D eigenvalue weighted by Gasteiger charge is -2.42. The second kappa shape index (κ2) is 7.44. The number of carbonyl (C=O) groups is 1. The molecule has 0 aromatic carbocycles. The van der Waals surface area contributed by atoms with Gasteiger partial charge in [-0.15, -0.1) is 0 Å². The van der Waals surface area contributed by atoms with Crippen LogP contribution >= 0.6 is 11.6 Å². The van der Waals surface area contributed by atoms with Gasteiger partial charge in [0.05, 0.1) is 5.56 Å². The Balaban J connectivity index is 2.03. The molecule has 1 amide bonds. The normalized spacial score (nSPS) is 20.6. The number of anilines is 1. The molecule has 2 N–H and O–H groups in total. The van der Waals surface area contributed by atoms with E-state index in [2.05, 4.69) is 10.3 Å². The lowest BCUT2D eigenvalue weighted by molar-refractivity contribution is 0.0556. The maximum Gasteiger partial charge on any atom is 0.407 e. The molecule has 136 valence electrons.